The van der Waals surface area contributed by atoms with Crippen molar-refractivity contribution in [3.05, 3.63) is 42.2 Å². The third-order valence-electron chi connectivity index (χ3n) is 3.39. The molecule has 5 nitrogen and oxygen atoms in total. The van der Waals surface area contributed by atoms with Crippen LogP contribution in [0.3, 0.4) is 0 Å². The molecule has 5 heteroatoms. The molecule has 2 rings (SSSR count). The molecule has 0 radical (unpaired) electrons. The number of nitrogens with zero attached hydrogens (tertiary/aromatic N) is 3. The van der Waals surface area contributed by atoms with Crippen molar-refractivity contribution >= 4 is 17.3 Å². The Morgan fingerprint density at radius 3 is 2.45 bits per heavy atom. The van der Waals surface area contributed by atoms with Gasteiger partial charge in [-0.2, -0.15) is 0 Å². The summed E-state index contributed by atoms with van der Waals surface area (Å²) in [4.78, 5) is 10.7. The molecule has 22 heavy (non-hydrogen) atoms. The van der Waals surface area contributed by atoms with Crippen LogP contribution in [0.25, 0.3) is 0 Å². The lowest BCUT2D eigenvalue weighted by Gasteiger charge is -2.11. The lowest BCUT2D eigenvalue weighted by atomic mass is 10.1. The quantitative estimate of drug-likeness (QED) is 0.733. The van der Waals surface area contributed by atoms with Crippen molar-refractivity contribution in [1.82, 2.24) is 14.9 Å². The number of hydrogen-bond donors (Lipinski definition) is 2. The van der Waals surface area contributed by atoms with Gasteiger partial charge in [-0.25, -0.2) is 9.97 Å². The minimum absolute atomic E-state index is 0.800. The van der Waals surface area contributed by atoms with Crippen molar-refractivity contribution in [2.75, 3.05) is 37.8 Å². The van der Waals surface area contributed by atoms with Gasteiger partial charge in [0.1, 0.15) is 18.0 Å². The van der Waals surface area contributed by atoms with Crippen LogP contribution in [0.5, 0.6) is 0 Å². The Labute approximate surface area is 132 Å². The van der Waals surface area contributed by atoms with E-state index < -0.39 is 0 Å². The van der Waals surface area contributed by atoms with E-state index in [1.54, 1.807) is 6.33 Å². The Morgan fingerprint density at radius 1 is 1.05 bits per heavy atom. The predicted octanol–water partition coefficient (Wildman–Crippen LogP) is 3.15. The van der Waals surface area contributed by atoms with Gasteiger partial charge in [-0.1, -0.05) is 19.1 Å². The molecule has 0 atom stereocenters. The highest BCUT2D eigenvalue weighted by atomic mass is 15.1. The predicted molar refractivity (Wildman–Crippen MR) is 92.8 cm³/mol. The molecule has 1 aromatic heterocycles. The maximum absolute atomic E-state index is 4.26. The molecule has 0 bridgehead atoms. The average Bonchev–Trinajstić information content (AvgIpc) is 2.52. The fraction of sp³-hybridized carbons (Fsp3) is 0.412. The van der Waals surface area contributed by atoms with Crippen LogP contribution in [-0.4, -0.2) is 42.1 Å². The van der Waals surface area contributed by atoms with Gasteiger partial charge in [-0.15, -0.1) is 0 Å². The highest BCUT2D eigenvalue weighted by Gasteiger charge is 2.00. The van der Waals surface area contributed by atoms with Crippen LogP contribution in [0.2, 0.25) is 0 Å². The first-order chi connectivity index (χ1) is 10.7. The molecule has 1 heterocycles. The largest absolute Gasteiger partial charge is 0.370 e. The van der Waals surface area contributed by atoms with E-state index in [0.29, 0.717) is 0 Å². The van der Waals surface area contributed by atoms with E-state index in [-0.39, 0.29) is 0 Å². The molecule has 0 aliphatic rings. The van der Waals surface area contributed by atoms with E-state index in [9.17, 15) is 0 Å². The van der Waals surface area contributed by atoms with Crippen LogP contribution in [0, 0.1) is 0 Å². The lowest BCUT2D eigenvalue weighted by molar-refractivity contribution is 0.405. The van der Waals surface area contributed by atoms with Gasteiger partial charge >= 0.3 is 0 Å². The first-order valence-electron chi connectivity index (χ1n) is 7.74. The van der Waals surface area contributed by atoms with Gasteiger partial charge in [-0.05, 0) is 51.2 Å². The van der Waals surface area contributed by atoms with Crippen LogP contribution in [0.15, 0.2) is 36.7 Å². The summed E-state index contributed by atoms with van der Waals surface area (Å²) in [6.07, 6.45) is 3.71. The molecular formula is C17H25N5. The molecule has 118 valence electrons. The van der Waals surface area contributed by atoms with Crippen molar-refractivity contribution in [3.63, 3.8) is 0 Å². The molecule has 2 aromatic rings. The van der Waals surface area contributed by atoms with Crippen molar-refractivity contribution < 1.29 is 0 Å². The number of hydrogen-bond acceptors (Lipinski definition) is 5. The summed E-state index contributed by atoms with van der Waals surface area (Å²) in [5.74, 6) is 1.65. The normalized spacial score (nSPS) is 10.7. The zero-order valence-corrected chi connectivity index (χ0v) is 13.6. The van der Waals surface area contributed by atoms with E-state index in [2.05, 4.69) is 70.8 Å². The number of rotatable bonds is 8. The SMILES string of the molecule is CCc1ccc(Nc2cc(NCCCN(C)C)ncn2)cc1. The van der Waals surface area contributed by atoms with E-state index in [1.165, 1.54) is 5.56 Å². The van der Waals surface area contributed by atoms with Crippen LogP contribution in [0.1, 0.15) is 18.9 Å². The standard InChI is InChI=1S/C17H25N5/c1-4-14-6-8-15(9-7-14)21-17-12-16(19-13-20-17)18-10-5-11-22(2)3/h6-9,12-13H,4-5,10-11H2,1-3H3,(H2,18,19,20,21). The highest BCUT2D eigenvalue weighted by Crippen LogP contribution is 2.17. The maximum Gasteiger partial charge on any atom is 0.135 e. The lowest BCUT2D eigenvalue weighted by Crippen LogP contribution is -2.16. The Balaban J connectivity index is 1.90. The van der Waals surface area contributed by atoms with Crippen LogP contribution >= 0.6 is 0 Å². The minimum Gasteiger partial charge on any atom is -0.370 e. The van der Waals surface area contributed by atoms with Crippen LogP contribution in [-0.2, 0) is 6.42 Å². The second-order valence-electron chi connectivity index (χ2n) is 5.55. The van der Waals surface area contributed by atoms with Crippen LogP contribution in [0.4, 0.5) is 17.3 Å². The zero-order chi connectivity index (χ0) is 15.8. The smallest absolute Gasteiger partial charge is 0.135 e. The average molecular weight is 299 g/mol. The van der Waals surface area contributed by atoms with E-state index >= 15 is 0 Å². The molecule has 0 saturated carbocycles. The summed E-state index contributed by atoms with van der Waals surface area (Å²) in [7, 11) is 4.16. The topological polar surface area (TPSA) is 53.1 Å². The molecule has 0 unspecified atom stereocenters. The Bertz CT molecular complexity index is 566. The van der Waals surface area contributed by atoms with Crippen LogP contribution < -0.4 is 10.6 Å². The van der Waals surface area contributed by atoms with E-state index in [1.807, 2.05) is 6.07 Å². The Kier molecular flexibility index (Phi) is 6.15. The molecule has 0 aliphatic heterocycles. The molecule has 0 aliphatic carbocycles. The summed E-state index contributed by atoms with van der Waals surface area (Å²) < 4.78 is 0. The van der Waals surface area contributed by atoms with Gasteiger partial charge in [0, 0.05) is 18.3 Å². The Hall–Kier alpha value is -2.14. The highest BCUT2D eigenvalue weighted by molar-refractivity contribution is 5.59. The van der Waals surface area contributed by atoms with E-state index in [4.69, 9.17) is 0 Å². The summed E-state index contributed by atoms with van der Waals surface area (Å²) in [5, 5.41) is 6.63. The molecule has 0 spiro atoms. The van der Waals surface area contributed by atoms with Gasteiger partial charge in [-0.3, -0.25) is 0 Å². The van der Waals surface area contributed by atoms with Crippen molar-refractivity contribution in [3.8, 4) is 0 Å². The maximum atomic E-state index is 4.26. The van der Waals surface area contributed by atoms with Gasteiger partial charge in [0.2, 0.25) is 0 Å². The summed E-state index contributed by atoms with van der Waals surface area (Å²) in [6, 6.07) is 10.3. The number of nitrogens with one attached hydrogen (secondary N) is 2. The second kappa shape index (κ2) is 8.34. The molecule has 0 amide bonds. The fourth-order valence-electron chi connectivity index (χ4n) is 2.11. The molecule has 2 N–H and O–H groups in total. The summed E-state index contributed by atoms with van der Waals surface area (Å²) in [6.45, 7) is 4.12. The number of anilines is 3. The summed E-state index contributed by atoms with van der Waals surface area (Å²) >= 11 is 0. The third-order valence-corrected chi connectivity index (χ3v) is 3.39. The number of benzene rings is 1. The van der Waals surface area contributed by atoms with Gasteiger partial charge in [0.25, 0.3) is 0 Å². The molecular weight excluding hydrogens is 274 g/mol. The van der Waals surface area contributed by atoms with E-state index in [0.717, 1.165) is 43.3 Å². The number of aryl methyl sites for hydroxylation is 1. The third kappa shape index (κ3) is 5.33. The first kappa shape index (κ1) is 16.2. The van der Waals surface area contributed by atoms with Gasteiger partial charge in [0.15, 0.2) is 0 Å². The first-order valence-corrected chi connectivity index (χ1v) is 7.74. The zero-order valence-electron chi connectivity index (χ0n) is 13.6. The minimum atomic E-state index is 0.800. The summed E-state index contributed by atoms with van der Waals surface area (Å²) in [5.41, 5.74) is 2.37. The molecule has 1 aromatic carbocycles. The fourth-order valence-corrected chi connectivity index (χ4v) is 2.11. The monoisotopic (exact) mass is 299 g/mol. The number of aromatic nitrogens is 2. The molecule has 0 fully saturated rings. The van der Waals surface area contributed by atoms with Crippen molar-refractivity contribution in [1.29, 1.82) is 0 Å². The van der Waals surface area contributed by atoms with Gasteiger partial charge in [0.05, 0.1) is 0 Å². The van der Waals surface area contributed by atoms with Crippen molar-refractivity contribution in [2.24, 2.45) is 0 Å². The second-order valence-corrected chi connectivity index (χ2v) is 5.55. The molecule has 0 saturated heterocycles. The van der Waals surface area contributed by atoms with Gasteiger partial charge < -0.3 is 15.5 Å². The van der Waals surface area contributed by atoms with Crippen molar-refractivity contribution in [2.45, 2.75) is 19.8 Å². The Morgan fingerprint density at radius 2 is 1.77 bits per heavy atom.